The SMILES string of the molecule is O=S(=O)(c1cn[nH]c1)N1CC2=C(CNC2)C1. The fourth-order valence-electron chi connectivity index (χ4n) is 2.13. The first-order chi connectivity index (χ1) is 7.68. The van der Waals surface area contributed by atoms with Gasteiger partial charge in [0.05, 0.1) is 6.20 Å². The van der Waals surface area contributed by atoms with Crippen LogP contribution in [-0.2, 0) is 10.0 Å². The molecule has 86 valence electrons. The third kappa shape index (κ3) is 1.40. The highest BCUT2D eigenvalue weighted by Gasteiger charge is 2.34. The highest BCUT2D eigenvalue weighted by molar-refractivity contribution is 7.89. The average molecular weight is 240 g/mol. The lowest BCUT2D eigenvalue weighted by molar-refractivity contribution is 0.473. The van der Waals surface area contributed by atoms with Crippen LogP contribution in [0.1, 0.15) is 0 Å². The largest absolute Gasteiger partial charge is 0.309 e. The number of H-pyrrole nitrogens is 1. The minimum atomic E-state index is -3.37. The minimum absolute atomic E-state index is 0.238. The molecule has 2 N–H and O–H groups in total. The first-order valence-electron chi connectivity index (χ1n) is 5.07. The van der Waals surface area contributed by atoms with Crippen LogP contribution in [-0.4, -0.2) is 49.1 Å². The Bertz CT molecular complexity index is 516. The van der Waals surface area contributed by atoms with E-state index in [9.17, 15) is 8.42 Å². The maximum absolute atomic E-state index is 12.1. The number of hydrogen-bond donors (Lipinski definition) is 2. The zero-order chi connectivity index (χ0) is 11.2. The number of sulfonamides is 1. The molecule has 0 bridgehead atoms. The second kappa shape index (κ2) is 3.41. The Kier molecular flexibility index (Phi) is 2.13. The van der Waals surface area contributed by atoms with Crippen molar-refractivity contribution in [3.63, 3.8) is 0 Å². The zero-order valence-electron chi connectivity index (χ0n) is 8.60. The van der Waals surface area contributed by atoms with Gasteiger partial charge in [-0.1, -0.05) is 0 Å². The Labute approximate surface area is 93.4 Å². The van der Waals surface area contributed by atoms with Crippen LogP contribution in [0.5, 0.6) is 0 Å². The molecule has 1 aromatic heterocycles. The van der Waals surface area contributed by atoms with Gasteiger partial charge in [0.1, 0.15) is 4.90 Å². The molecule has 0 aromatic carbocycles. The summed E-state index contributed by atoms with van der Waals surface area (Å²) < 4.78 is 25.8. The van der Waals surface area contributed by atoms with E-state index in [4.69, 9.17) is 0 Å². The molecule has 3 rings (SSSR count). The van der Waals surface area contributed by atoms with E-state index in [-0.39, 0.29) is 4.90 Å². The van der Waals surface area contributed by atoms with Crippen LogP contribution < -0.4 is 5.32 Å². The van der Waals surface area contributed by atoms with Gasteiger partial charge in [0.15, 0.2) is 0 Å². The lowest BCUT2D eigenvalue weighted by Gasteiger charge is -2.16. The van der Waals surface area contributed by atoms with Gasteiger partial charge in [0.2, 0.25) is 10.0 Å². The summed E-state index contributed by atoms with van der Waals surface area (Å²) in [4.78, 5) is 0.238. The minimum Gasteiger partial charge on any atom is -0.309 e. The number of aromatic amines is 1. The van der Waals surface area contributed by atoms with Gasteiger partial charge < -0.3 is 5.32 Å². The Morgan fingerprint density at radius 2 is 1.94 bits per heavy atom. The van der Waals surface area contributed by atoms with Crippen LogP contribution in [0.25, 0.3) is 0 Å². The van der Waals surface area contributed by atoms with Gasteiger partial charge in [-0.3, -0.25) is 5.10 Å². The molecule has 3 heterocycles. The molecule has 0 atom stereocenters. The molecule has 0 amide bonds. The lowest BCUT2D eigenvalue weighted by Crippen LogP contribution is -2.32. The van der Waals surface area contributed by atoms with Crippen LogP contribution in [0.15, 0.2) is 28.4 Å². The van der Waals surface area contributed by atoms with Crippen LogP contribution in [0, 0.1) is 0 Å². The maximum Gasteiger partial charge on any atom is 0.246 e. The molecule has 0 saturated heterocycles. The smallest absolute Gasteiger partial charge is 0.246 e. The van der Waals surface area contributed by atoms with Crippen LogP contribution >= 0.6 is 0 Å². The molecular weight excluding hydrogens is 228 g/mol. The summed E-state index contributed by atoms with van der Waals surface area (Å²) in [7, 11) is -3.37. The molecule has 0 aliphatic carbocycles. The van der Waals surface area contributed by atoms with Gasteiger partial charge in [0.25, 0.3) is 0 Å². The summed E-state index contributed by atoms with van der Waals surface area (Å²) in [6, 6.07) is 0. The standard InChI is InChI=1S/C9H12N4O2S/c14-16(15,9-3-11-12-4-9)13-5-7-1-10-2-8(7)6-13/h3-4,10H,1-2,5-6H2,(H,11,12). The molecule has 2 aliphatic heterocycles. The summed E-state index contributed by atoms with van der Waals surface area (Å²) in [5, 5.41) is 9.42. The molecule has 1 aromatic rings. The second-order valence-corrected chi connectivity index (χ2v) is 5.96. The van der Waals surface area contributed by atoms with E-state index < -0.39 is 10.0 Å². The molecule has 0 radical (unpaired) electrons. The van der Waals surface area contributed by atoms with E-state index in [1.54, 1.807) is 0 Å². The summed E-state index contributed by atoms with van der Waals surface area (Å²) in [5.41, 5.74) is 2.43. The summed E-state index contributed by atoms with van der Waals surface area (Å²) >= 11 is 0. The van der Waals surface area contributed by atoms with Crippen LogP contribution in [0.3, 0.4) is 0 Å². The van der Waals surface area contributed by atoms with Crippen molar-refractivity contribution < 1.29 is 8.42 Å². The number of nitrogens with one attached hydrogen (secondary N) is 2. The Balaban J connectivity index is 1.86. The summed E-state index contributed by atoms with van der Waals surface area (Å²) in [6.07, 6.45) is 2.76. The predicted molar refractivity (Wildman–Crippen MR) is 57.2 cm³/mol. The Hall–Kier alpha value is -1.18. The molecule has 6 nitrogen and oxygen atoms in total. The van der Waals surface area contributed by atoms with Crippen molar-refractivity contribution in [1.82, 2.24) is 19.8 Å². The molecule has 0 saturated carbocycles. The molecule has 2 aliphatic rings. The highest BCUT2D eigenvalue weighted by atomic mass is 32.2. The van der Waals surface area contributed by atoms with Gasteiger partial charge in [-0.2, -0.15) is 9.40 Å². The molecule has 7 heteroatoms. The normalized spacial score (nSPS) is 21.8. The van der Waals surface area contributed by atoms with Crippen LogP contribution in [0.4, 0.5) is 0 Å². The first kappa shape index (κ1) is 10.0. The van der Waals surface area contributed by atoms with Crippen molar-refractivity contribution in [1.29, 1.82) is 0 Å². The van der Waals surface area contributed by atoms with Gasteiger partial charge in [-0.15, -0.1) is 0 Å². The van der Waals surface area contributed by atoms with E-state index in [0.29, 0.717) is 13.1 Å². The molecule has 0 unspecified atom stereocenters. The number of nitrogens with zero attached hydrogens (tertiary/aromatic N) is 2. The van der Waals surface area contributed by atoms with Crippen molar-refractivity contribution in [3.05, 3.63) is 23.5 Å². The predicted octanol–water partition coefficient (Wildman–Crippen LogP) is -0.686. The first-order valence-corrected chi connectivity index (χ1v) is 6.51. The van der Waals surface area contributed by atoms with Gasteiger partial charge in [-0.05, 0) is 11.1 Å². The highest BCUT2D eigenvalue weighted by Crippen LogP contribution is 2.25. The lowest BCUT2D eigenvalue weighted by atomic mass is 10.2. The topological polar surface area (TPSA) is 78.1 Å². The van der Waals surface area contributed by atoms with E-state index in [1.807, 2.05) is 0 Å². The Morgan fingerprint density at radius 1 is 1.25 bits per heavy atom. The van der Waals surface area contributed by atoms with Crippen molar-refractivity contribution >= 4 is 10.0 Å². The van der Waals surface area contributed by atoms with E-state index >= 15 is 0 Å². The maximum atomic E-state index is 12.1. The van der Waals surface area contributed by atoms with Crippen molar-refractivity contribution in [2.75, 3.05) is 26.2 Å². The monoisotopic (exact) mass is 240 g/mol. The van der Waals surface area contributed by atoms with Crippen molar-refractivity contribution in [3.8, 4) is 0 Å². The quantitative estimate of drug-likeness (QED) is 0.671. The fourth-order valence-corrected chi connectivity index (χ4v) is 3.47. The summed E-state index contributed by atoms with van der Waals surface area (Å²) in [5.74, 6) is 0. The van der Waals surface area contributed by atoms with Crippen molar-refractivity contribution in [2.45, 2.75) is 4.90 Å². The van der Waals surface area contributed by atoms with Crippen molar-refractivity contribution in [2.24, 2.45) is 0 Å². The number of aromatic nitrogens is 2. The third-order valence-corrected chi connectivity index (χ3v) is 4.78. The molecule has 16 heavy (non-hydrogen) atoms. The van der Waals surface area contributed by atoms with Crippen LogP contribution in [0.2, 0.25) is 0 Å². The van der Waals surface area contributed by atoms with E-state index in [2.05, 4.69) is 15.5 Å². The molecular formula is C9H12N4O2S. The number of hydrogen-bond acceptors (Lipinski definition) is 4. The molecule has 0 fully saturated rings. The average Bonchev–Trinajstić information content (AvgIpc) is 2.94. The van der Waals surface area contributed by atoms with Gasteiger partial charge in [0, 0.05) is 32.4 Å². The van der Waals surface area contributed by atoms with E-state index in [0.717, 1.165) is 13.1 Å². The van der Waals surface area contributed by atoms with E-state index in [1.165, 1.54) is 27.8 Å². The Morgan fingerprint density at radius 3 is 2.50 bits per heavy atom. The fraction of sp³-hybridized carbons (Fsp3) is 0.444. The molecule has 0 spiro atoms. The third-order valence-electron chi connectivity index (χ3n) is 3.02. The second-order valence-electron chi connectivity index (χ2n) is 4.02. The summed E-state index contributed by atoms with van der Waals surface area (Å²) in [6.45, 7) is 2.64. The van der Waals surface area contributed by atoms with Gasteiger partial charge in [-0.25, -0.2) is 8.42 Å². The number of rotatable bonds is 2. The van der Waals surface area contributed by atoms with Gasteiger partial charge >= 0.3 is 0 Å². The zero-order valence-corrected chi connectivity index (χ0v) is 9.42.